The maximum Gasteiger partial charge on any atom is 0.329 e. The zero-order valence-electron chi connectivity index (χ0n) is 11.8. The summed E-state index contributed by atoms with van der Waals surface area (Å²) in [6.45, 7) is 2.58. The summed E-state index contributed by atoms with van der Waals surface area (Å²) in [6.07, 6.45) is 1.93. The number of nitro groups is 1. The van der Waals surface area contributed by atoms with Crippen molar-refractivity contribution in [3.63, 3.8) is 0 Å². The van der Waals surface area contributed by atoms with Gasteiger partial charge in [0.15, 0.2) is 0 Å². The molecule has 0 spiro atoms. The molecule has 10 nitrogen and oxygen atoms in total. The summed E-state index contributed by atoms with van der Waals surface area (Å²) in [5.74, 6) is 0.0175. The van der Waals surface area contributed by atoms with Crippen molar-refractivity contribution in [1.29, 1.82) is 0 Å². The van der Waals surface area contributed by atoms with E-state index in [-0.39, 0.29) is 29.8 Å². The summed E-state index contributed by atoms with van der Waals surface area (Å²) in [4.78, 5) is 18.1. The molecule has 0 aromatic carbocycles. The molecular formula is C10H18N6O4S. The second kappa shape index (κ2) is 7.69. The van der Waals surface area contributed by atoms with Gasteiger partial charge >= 0.3 is 5.69 Å². The fourth-order valence-electron chi connectivity index (χ4n) is 1.37. The molecule has 1 aromatic heterocycles. The van der Waals surface area contributed by atoms with Gasteiger partial charge in [-0.2, -0.15) is 4.98 Å². The first-order valence-electron chi connectivity index (χ1n) is 6.30. The second-order valence-corrected chi connectivity index (χ2v) is 6.11. The van der Waals surface area contributed by atoms with Crippen LogP contribution in [0.5, 0.6) is 0 Å². The molecule has 0 unspecified atom stereocenters. The largest absolute Gasteiger partial charge is 0.363 e. The van der Waals surface area contributed by atoms with Crippen molar-refractivity contribution in [2.45, 2.75) is 13.3 Å². The molecular weight excluding hydrogens is 300 g/mol. The van der Waals surface area contributed by atoms with Crippen LogP contribution in [0.25, 0.3) is 0 Å². The lowest BCUT2D eigenvalue weighted by Crippen LogP contribution is -2.26. The van der Waals surface area contributed by atoms with Gasteiger partial charge in [-0.1, -0.05) is 6.92 Å². The number of hydrogen-bond acceptors (Lipinski definition) is 8. The highest BCUT2D eigenvalue weighted by Crippen LogP contribution is 2.21. The van der Waals surface area contributed by atoms with Gasteiger partial charge in [0, 0.05) is 13.1 Å². The van der Waals surface area contributed by atoms with Crippen molar-refractivity contribution in [2.24, 2.45) is 0 Å². The zero-order valence-corrected chi connectivity index (χ0v) is 12.6. The number of sulfonamides is 1. The van der Waals surface area contributed by atoms with E-state index in [2.05, 4.69) is 25.3 Å². The van der Waals surface area contributed by atoms with Gasteiger partial charge < -0.3 is 10.6 Å². The van der Waals surface area contributed by atoms with Crippen LogP contribution in [0, 0.1) is 10.1 Å². The number of nitrogens with one attached hydrogen (secondary N) is 3. The molecule has 0 amide bonds. The Morgan fingerprint density at radius 3 is 2.62 bits per heavy atom. The molecule has 0 fully saturated rings. The van der Waals surface area contributed by atoms with E-state index in [0.29, 0.717) is 6.54 Å². The third-order valence-electron chi connectivity index (χ3n) is 2.47. The van der Waals surface area contributed by atoms with Crippen LogP contribution in [0.4, 0.5) is 17.5 Å². The maximum absolute atomic E-state index is 11.3. The summed E-state index contributed by atoms with van der Waals surface area (Å²) in [5.41, 5.74) is -0.307. The van der Waals surface area contributed by atoms with Gasteiger partial charge in [0.05, 0.1) is 10.7 Å². The topological polar surface area (TPSA) is 139 Å². The van der Waals surface area contributed by atoms with Crippen molar-refractivity contribution in [3.8, 4) is 0 Å². The first kappa shape index (κ1) is 17.0. The van der Waals surface area contributed by atoms with E-state index in [4.69, 9.17) is 0 Å². The fourth-order valence-corrected chi connectivity index (χ4v) is 1.94. The van der Waals surface area contributed by atoms with E-state index >= 15 is 0 Å². The van der Waals surface area contributed by atoms with Gasteiger partial charge in [0.25, 0.3) is 0 Å². The monoisotopic (exact) mass is 318 g/mol. The Morgan fingerprint density at radius 2 is 2.05 bits per heavy atom. The van der Waals surface area contributed by atoms with E-state index in [1.807, 2.05) is 6.92 Å². The van der Waals surface area contributed by atoms with Gasteiger partial charge in [0.2, 0.25) is 21.8 Å². The van der Waals surface area contributed by atoms with Crippen molar-refractivity contribution in [2.75, 3.05) is 36.5 Å². The molecule has 11 heteroatoms. The molecule has 118 valence electrons. The van der Waals surface area contributed by atoms with E-state index in [1.165, 1.54) is 7.05 Å². The number of aromatic nitrogens is 2. The Morgan fingerprint density at radius 1 is 1.33 bits per heavy atom. The van der Waals surface area contributed by atoms with Gasteiger partial charge in [-0.05, 0) is 13.5 Å². The quantitative estimate of drug-likeness (QED) is 0.432. The highest BCUT2D eigenvalue weighted by Gasteiger charge is 2.17. The van der Waals surface area contributed by atoms with Crippen LogP contribution in [-0.2, 0) is 10.0 Å². The van der Waals surface area contributed by atoms with Crippen molar-refractivity contribution >= 4 is 27.5 Å². The number of hydrogen-bond donors (Lipinski definition) is 3. The van der Waals surface area contributed by atoms with Crippen LogP contribution in [0.15, 0.2) is 6.20 Å². The Kier molecular flexibility index (Phi) is 6.24. The smallest absolute Gasteiger partial charge is 0.329 e. The first-order valence-corrected chi connectivity index (χ1v) is 7.95. The van der Waals surface area contributed by atoms with Crippen molar-refractivity contribution in [1.82, 2.24) is 14.7 Å². The highest BCUT2D eigenvalue weighted by molar-refractivity contribution is 7.89. The molecule has 1 rings (SSSR count). The minimum atomic E-state index is -3.39. The Bertz CT molecular complexity index is 591. The van der Waals surface area contributed by atoms with Crippen molar-refractivity contribution < 1.29 is 13.3 Å². The molecule has 1 heterocycles. The zero-order chi connectivity index (χ0) is 15.9. The van der Waals surface area contributed by atoms with Gasteiger partial charge in [-0.15, -0.1) is 0 Å². The lowest BCUT2D eigenvalue weighted by Gasteiger charge is -2.08. The normalized spacial score (nSPS) is 11.1. The van der Waals surface area contributed by atoms with Gasteiger partial charge in [-0.3, -0.25) is 10.1 Å². The summed E-state index contributed by atoms with van der Waals surface area (Å²) < 4.78 is 24.7. The summed E-state index contributed by atoms with van der Waals surface area (Å²) in [7, 11) is -2.09. The molecule has 21 heavy (non-hydrogen) atoms. The Balaban J connectivity index is 2.83. The van der Waals surface area contributed by atoms with E-state index in [0.717, 1.165) is 12.6 Å². The van der Waals surface area contributed by atoms with Gasteiger partial charge in [-0.25, -0.2) is 18.1 Å². The summed E-state index contributed by atoms with van der Waals surface area (Å²) in [5, 5.41) is 16.5. The van der Waals surface area contributed by atoms with Crippen LogP contribution >= 0.6 is 0 Å². The standard InChI is InChI=1S/C10H18N6O4S/c1-3-4-13-10-14-7-8(16(17)18)9(15-10)12-5-6-21(19,20)11-2/h7,11H,3-6H2,1-2H3,(H2,12,13,14,15). The SMILES string of the molecule is CCCNc1ncc([N+](=O)[O-])c(NCCS(=O)(=O)NC)n1. The van der Waals surface area contributed by atoms with E-state index in [9.17, 15) is 18.5 Å². The van der Waals surface area contributed by atoms with E-state index in [1.54, 1.807) is 0 Å². The first-order chi connectivity index (χ1) is 9.89. The van der Waals surface area contributed by atoms with Crippen LogP contribution in [0.2, 0.25) is 0 Å². The second-order valence-electron chi connectivity index (χ2n) is 4.06. The lowest BCUT2D eigenvalue weighted by atomic mass is 10.4. The van der Waals surface area contributed by atoms with Crippen LogP contribution in [0.3, 0.4) is 0 Å². The van der Waals surface area contributed by atoms with Crippen LogP contribution in [-0.4, -0.2) is 49.2 Å². The molecule has 3 N–H and O–H groups in total. The summed E-state index contributed by atoms with van der Waals surface area (Å²) in [6, 6.07) is 0. The average molecular weight is 318 g/mol. The van der Waals surface area contributed by atoms with Crippen LogP contribution < -0.4 is 15.4 Å². The minimum Gasteiger partial charge on any atom is -0.363 e. The molecule has 0 atom stereocenters. The highest BCUT2D eigenvalue weighted by atomic mass is 32.2. The van der Waals surface area contributed by atoms with Crippen LogP contribution in [0.1, 0.15) is 13.3 Å². The predicted molar refractivity (Wildman–Crippen MR) is 78.8 cm³/mol. The molecule has 0 aliphatic heterocycles. The van der Waals surface area contributed by atoms with Gasteiger partial charge in [0.1, 0.15) is 6.20 Å². The minimum absolute atomic E-state index is 0.00571. The molecule has 0 aliphatic carbocycles. The third-order valence-corrected chi connectivity index (χ3v) is 3.84. The number of anilines is 2. The molecule has 0 saturated heterocycles. The Labute approximate surface area is 122 Å². The number of rotatable bonds is 9. The van der Waals surface area contributed by atoms with Crippen molar-refractivity contribution in [3.05, 3.63) is 16.3 Å². The molecule has 0 radical (unpaired) electrons. The predicted octanol–water partition coefficient (Wildman–Crippen LogP) is 0.168. The fraction of sp³-hybridized carbons (Fsp3) is 0.600. The molecule has 0 bridgehead atoms. The summed E-state index contributed by atoms with van der Waals surface area (Å²) >= 11 is 0. The molecule has 0 aliphatic rings. The third kappa shape index (κ3) is 5.47. The number of nitrogens with zero attached hydrogens (tertiary/aromatic N) is 3. The Hall–Kier alpha value is -2.01. The van der Waals surface area contributed by atoms with E-state index < -0.39 is 14.9 Å². The average Bonchev–Trinajstić information content (AvgIpc) is 2.44. The molecule has 0 saturated carbocycles. The maximum atomic E-state index is 11.3. The lowest BCUT2D eigenvalue weighted by molar-refractivity contribution is -0.384. The molecule has 1 aromatic rings.